The van der Waals surface area contributed by atoms with E-state index in [0.29, 0.717) is 5.82 Å². The van der Waals surface area contributed by atoms with Crippen LogP contribution in [0.4, 0.5) is 0 Å². The molecule has 21 aromatic rings. The van der Waals surface area contributed by atoms with Gasteiger partial charge in [0.25, 0.3) is 0 Å². The number of fused-ring (bicyclic) bond motifs is 18. The molecule has 0 aliphatic heterocycles. The zero-order chi connectivity index (χ0) is 64.6. The second-order valence-corrected chi connectivity index (χ2v) is 26.4. The smallest absolute Gasteiger partial charge is 0.160 e. The molecule has 0 atom stereocenters. The van der Waals surface area contributed by atoms with Gasteiger partial charge in [0.1, 0.15) is 11.2 Å². The normalized spacial score (nSPS) is 12.2. The van der Waals surface area contributed by atoms with E-state index in [1.807, 2.05) is 0 Å². The van der Waals surface area contributed by atoms with Crippen LogP contribution in [0.2, 0.25) is 0 Å². The first kappa shape index (κ1) is 53.9. The van der Waals surface area contributed by atoms with Gasteiger partial charge in [-0.3, -0.25) is 0 Å². The van der Waals surface area contributed by atoms with Crippen LogP contribution >= 0.6 is 0 Å². The maximum absolute atomic E-state index is 6.99. The zero-order valence-corrected chi connectivity index (χ0v) is 53.3. The summed E-state index contributed by atoms with van der Waals surface area (Å²) in [5.41, 5.74) is 27.0. The second kappa shape index (κ2) is 20.6. The van der Waals surface area contributed by atoms with Crippen LogP contribution in [-0.4, -0.2) is 28.2 Å². The highest BCUT2D eigenvalue weighted by atomic mass is 16.3. The largest absolute Gasteiger partial charge is 0.456 e. The molecule has 458 valence electrons. The lowest BCUT2D eigenvalue weighted by Crippen LogP contribution is -1.99. The molecule has 1 aliphatic carbocycles. The van der Waals surface area contributed by atoms with Gasteiger partial charge in [0.05, 0.1) is 55.5 Å². The molecule has 0 saturated carbocycles. The molecule has 22 rings (SSSR count). The Morgan fingerprint density at radius 2 is 0.606 bits per heavy atom. The fraction of sp³-hybridized carbons (Fsp3) is 0. The van der Waals surface area contributed by atoms with Gasteiger partial charge in [0.15, 0.2) is 5.82 Å². The minimum Gasteiger partial charge on any atom is -0.456 e. The van der Waals surface area contributed by atoms with Gasteiger partial charge in [0.2, 0.25) is 0 Å². The number of furan rings is 1. The third-order valence-corrected chi connectivity index (χ3v) is 21.1. The third-order valence-electron chi connectivity index (χ3n) is 21.1. The molecule has 6 heterocycles. The minimum atomic E-state index is 0.637. The van der Waals surface area contributed by atoms with Gasteiger partial charge in [-0.15, -0.1) is 0 Å². The fourth-order valence-electron chi connectivity index (χ4n) is 16.7. The first-order valence-corrected chi connectivity index (χ1v) is 33.9. The van der Waals surface area contributed by atoms with Crippen LogP contribution in [-0.2, 0) is 0 Å². The van der Waals surface area contributed by atoms with Gasteiger partial charge in [-0.2, -0.15) is 0 Å². The van der Waals surface area contributed by atoms with Crippen molar-refractivity contribution in [1.29, 1.82) is 0 Å². The van der Waals surface area contributed by atoms with E-state index in [0.717, 1.165) is 106 Å². The van der Waals surface area contributed by atoms with Gasteiger partial charge in [-0.25, -0.2) is 9.97 Å². The highest BCUT2D eigenvalue weighted by Crippen LogP contribution is 2.51. The minimum absolute atomic E-state index is 0.637. The van der Waals surface area contributed by atoms with Gasteiger partial charge in [0, 0.05) is 105 Å². The number of rotatable bonds is 8. The van der Waals surface area contributed by atoms with Gasteiger partial charge in [-0.1, -0.05) is 188 Å². The molecule has 0 radical (unpaired) electrons. The molecule has 0 spiro atoms. The lowest BCUT2D eigenvalue weighted by Gasteiger charge is -2.14. The molecule has 0 saturated heterocycles. The van der Waals surface area contributed by atoms with Crippen LogP contribution in [0.5, 0.6) is 0 Å². The van der Waals surface area contributed by atoms with Crippen molar-refractivity contribution < 1.29 is 4.42 Å². The summed E-state index contributed by atoms with van der Waals surface area (Å²) in [7, 11) is 0. The van der Waals surface area contributed by atoms with E-state index in [-0.39, 0.29) is 0 Å². The zero-order valence-electron chi connectivity index (χ0n) is 53.3. The Morgan fingerprint density at radius 3 is 1.11 bits per heavy atom. The summed E-state index contributed by atoms with van der Waals surface area (Å²) in [6.45, 7) is 0. The number of benzene rings is 15. The quantitative estimate of drug-likeness (QED) is 0.152. The highest BCUT2D eigenvalue weighted by molar-refractivity contribution is 6.19. The van der Waals surface area contributed by atoms with Gasteiger partial charge < -0.3 is 22.7 Å². The van der Waals surface area contributed by atoms with Crippen molar-refractivity contribution in [2.45, 2.75) is 0 Å². The summed E-state index contributed by atoms with van der Waals surface area (Å²) >= 11 is 0. The molecule has 6 aromatic heterocycles. The van der Waals surface area contributed by atoms with Crippen LogP contribution < -0.4 is 0 Å². The Balaban J connectivity index is 0.642. The molecule has 99 heavy (non-hydrogen) atoms. The fourth-order valence-corrected chi connectivity index (χ4v) is 16.7. The highest BCUT2D eigenvalue weighted by Gasteiger charge is 2.30. The maximum atomic E-state index is 6.99. The summed E-state index contributed by atoms with van der Waals surface area (Å²) in [5.74, 6) is 0.637. The predicted molar refractivity (Wildman–Crippen MR) is 410 cm³/mol. The van der Waals surface area contributed by atoms with Crippen molar-refractivity contribution in [1.82, 2.24) is 28.2 Å². The van der Waals surface area contributed by atoms with Crippen LogP contribution in [0.25, 0.3) is 210 Å². The Kier molecular flexibility index (Phi) is 11.2. The Bertz CT molecular complexity index is 7030. The van der Waals surface area contributed by atoms with Gasteiger partial charge in [-0.05, 0) is 172 Å². The number of hydrogen-bond acceptors (Lipinski definition) is 3. The van der Waals surface area contributed by atoms with Crippen LogP contribution in [0.1, 0.15) is 0 Å². The predicted octanol–water partition coefficient (Wildman–Crippen LogP) is 24.2. The average Bonchev–Trinajstić information content (AvgIpc) is 1.59. The molecule has 0 N–H and O–H groups in total. The molecule has 0 unspecified atom stereocenters. The Labute approximate surface area is 566 Å². The monoisotopic (exact) mass is 1260 g/mol. The molecular formula is C92H54N6O. The van der Waals surface area contributed by atoms with Crippen LogP contribution in [0.3, 0.4) is 0 Å². The molecule has 0 amide bonds. The molecule has 7 heteroatoms. The standard InChI is InChI=1S/C92H54N6O/c1-3-21-62(22-4-1)95-78-32-11-7-26-66(78)74-49-56(37-44-82(74)95)58-39-46-84-76(51-58)68-28-9-13-34-80(68)97(84)64-25-15-20-60(48-64)90-89-72-30-16-18-55-19-17-31-73(88(55)72)91(89)94-92(93-90)61-36-42-70-71-43-41-65(54-87(71)99-86(70)53-61)98-81-35-14-10-29-69(81)77-52-59(40-47-85(77)98)57-38-45-83-75(50-57)67-27-8-12-33-79(67)96(83)63-23-5-2-6-24-63/h1-54H. The van der Waals surface area contributed by atoms with Crippen molar-refractivity contribution >= 4 is 120 Å². The molecule has 1 aliphatic rings. The molecular weight excluding hydrogens is 1210 g/mol. The second-order valence-electron chi connectivity index (χ2n) is 26.4. The first-order valence-electron chi connectivity index (χ1n) is 33.9. The topological polar surface area (TPSA) is 58.6 Å². The average molecular weight is 1260 g/mol. The van der Waals surface area contributed by atoms with Crippen LogP contribution in [0, 0.1) is 0 Å². The summed E-state index contributed by atoms with van der Waals surface area (Å²) in [6, 6.07) is 119. The van der Waals surface area contributed by atoms with Crippen molar-refractivity contribution in [3.63, 3.8) is 0 Å². The number of hydrogen-bond donors (Lipinski definition) is 0. The summed E-state index contributed by atoms with van der Waals surface area (Å²) in [5, 5.41) is 14.2. The number of para-hydroxylation sites is 6. The number of nitrogens with zero attached hydrogens (tertiary/aromatic N) is 6. The van der Waals surface area contributed by atoms with Crippen LogP contribution in [0.15, 0.2) is 332 Å². The maximum Gasteiger partial charge on any atom is 0.160 e. The molecule has 0 bridgehead atoms. The lowest BCUT2D eigenvalue weighted by atomic mass is 9.99. The molecule has 15 aromatic carbocycles. The van der Waals surface area contributed by atoms with Gasteiger partial charge >= 0.3 is 0 Å². The lowest BCUT2D eigenvalue weighted by molar-refractivity contribution is 0.668. The number of aromatic nitrogens is 6. The Morgan fingerprint density at radius 1 is 0.222 bits per heavy atom. The van der Waals surface area contributed by atoms with E-state index in [1.54, 1.807) is 0 Å². The summed E-state index contributed by atoms with van der Waals surface area (Å²) in [4.78, 5) is 11.2. The summed E-state index contributed by atoms with van der Waals surface area (Å²) < 4.78 is 16.5. The first-order chi connectivity index (χ1) is 49.1. The van der Waals surface area contributed by atoms with Crippen molar-refractivity contribution in [3.8, 4) is 90.0 Å². The van der Waals surface area contributed by atoms with Crippen molar-refractivity contribution in [3.05, 3.63) is 328 Å². The Hall–Kier alpha value is -13.4. The van der Waals surface area contributed by atoms with E-state index in [9.17, 15) is 0 Å². The van der Waals surface area contributed by atoms with E-state index in [4.69, 9.17) is 14.4 Å². The molecule has 0 fully saturated rings. The molecule has 7 nitrogen and oxygen atoms in total. The van der Waals surface area contributed by atoms with E-state index in [1.165, 1.54) is 98.2 Å². The SMILES string of the molecule is c1ccc(-n2c3ccccc3c3cc(-c4ccc5c(c4)c4ccccc4n5-c4cccc(-c5nc(-c6ccc7c(c6)oc6cc(-n8c9ccccc9c9cc(-c%10ccc%11c(c%10)c%10ccccc%10n%11-c%10ccccc%10)ccc98)ccc67)nc6c5-c5cccc7cccc-6c57)c4)ccc32)cc1. The summed E-state index contributed by atoms with van der Waals surface area (Å²) in [6.07, 6.45) is 0. The van der Waals surface area contributed by atoms with E-state index >= 15 is 0 Å². The van der Waals surface area contributed by atoms with E-state index < -0.39 is 0 Å². The van der Waals surface area contributed by atoms with Crippen molar-refractivity contribution in [2.75, 3.05) is 0 Å². The third kappa shape index (κ3) is 7.89. The van der Waals surface area contributed by atoms with E-state index in [2.05, 4.69) is 346 Å². The van der Waals surface area contributed by atoms with Crippen molar-refractivity contribution in [2.24, 2.45) is 0 Å².